The third-order valence-electron chi connectivity index (χ3n) is 6.40. The van der Waals surface area contributed by atoms with Crippen LogP contribution in [0.1, 0.15) is 12.5 Å². The molecule has 18 heteroatoms. The van der Waals surface area contributed by atoms with Crippen molar-refractivity contribution >= 4 is 32.8 Å². The summed E-state index contributed by atoms with van der Waals surface area (Å²) >= 11 is 0. The fraction of sp³-hybridized carbons (Fsp3) is 0.261. The monoisotopic (exact) mass is 613 g/mol. The molecule has 0 radical (unpaired) electrons. The van der Waals surface area contributed by atoms with Crippen molar-refractivity contribution < 1.29 is 45.8 Å². The summed E-state index contributed by atoms with van der Waals surface area (Å²) in [5.74, 6) is -2.65. The van der Waals surface area contributed by atoms with E-state index in [-0.39, 0.29) is 35.2 Å². The van der Waals surface area contributed by atoms with E-state index in [1.54, 1.807) is 4.57 Å². The first-order chi connectivity index (χ1) is 19.4. The van der Waals surface area contributed by atoms with Crippen LogP contribution in [-0.4, -0.2) is 42.5 Å². The lowest BCUT2D eigenvalue weighted by Gasteiger charge is -2.45. The summed E-state index contributed by atoms with van der Waals surface area (Å²) in [5, 5.41) is 0. The zero-order chi connectivity index (χ0) is 29.4. The number of phosphoric ester groups is 2. The molecule has 5 N–H and O–H groups in total. The predicted octanol–water partition coefficient (Wildman–Crippen LogP) is 3.55. The molecule has 1 aliphatic rings. The first kappa shape index (κ1) is 28.9. The van der Waals surface area contributed by atoms with Gasteiger partial charge in [-0.1, -0.05) is 0 Å². The first-order valence-electron chi connectivity index (χ1n) is 12.0. The maximum Gasteiger partial charge on any atom is 0.527 e. The van der Waals surface area contributed by atoms with Crippen LogP contribution < -0.4 is 20.3 Å². The number of anilines is 1. The molecular weight excluding hydrogens is 590 g/mol. The Morgan fingerprint density at radius 3 is 2.05 bits per heavy atom. The van der Waals surface area contributed by atoms with E-state index < -0.39 is 57.3 Å². The van der Waals surface area contributed by atoms with E-state index in [1.807, 2.05) is 0 Å². The van der Waals surface area contributed by atoms with E-state index in [0.29, 0.717) is 6.42 Å². The van der Waals surface area contributed by atoms with Crippen LogP contribution in [0.3, 0.4) is 0 Å². The molecule has 1 aliphatic carbocycles. The van der Waals surface area contributed by atoms with Gasteiger partial charge >= 0.3 is 15.6 Å². The summed E-state index contributed by atoms with van der Waals surface area (Å²) < 4.78 is 73.3. The second kappa shape index (κ2) is 11.3. The van der Waals surface area contributed by atoms with Crippen LogP contribution >= 0.6 is 15.6 Å². The van der Waals surface area contributed by atoms with Gasteiger partial charge in [-0.15, -0.1) is 0 Å². The molecule has 14 nitrogen and oxygen atoms in total. The standard InChI is InChI=1S/C23H23F2N5O9P2/c24-14-1-5-16(6-2-14)38-40(32,33)36-10-13-9-19(30-12-27-20-21(30)28-23(26)29-22(20)31)18(13)11-37-41(34,35)39-17-7-3-15(25)4-8-17/h1-8,12-13,18-19H,9-11H2,(H,32,33)(H,34,35)(H3,26,28,29,31)/t13-,18+,19-/m1/s1. The average Bonchev–Trinajstić information content (AvgIpc) is 3.29. The second-order valence-corrected chi connectivity index (χ2v) is 11.9. The minimum atomic E-state index is -4.70. The molecule has 2 unspecified atom stereocenters. The Morgan fingerprint density at radius 2 is 1.49 bits per heavy atom. The van der Waals surface area contributed by atoms with Crippen LogP contribution in [-0.2, 0) is 18.2 Å². The van der Waals surface area contributed by atoms with Gasteiger partial charge in [0.2, 0.25) is 5.95 Å². The third kappa shape index (κ3) is 6.81. The number of imidazole rings is 1. The molecule has 2 aromatic heterocycles. The Morgan fingerprint density at radius 1 is 0.951 bits per heavy atom. The number of aromatic amines is 1. The number of phosphoric acid groups is 2. The summed E-state index contributed by atoms with van der Waals surface area (Å²) in [6.07, 6.45) is 1.64. The molecule has 0 amide bonds. The fourth-order valence-electron chi connectivity index (χ4n) is 4.40. The molecule has 5 atom stereocenters. The van der Waals surface area contributed by atoms with Crippen LogP contribution in [0.5, 0.6) is 11.5 Å². The van der Waals surface area contributed by atoms with Gasteiger partial charge in [-0.3, -0.25) is 28.6 Å². The van der Waals surface area contributed by atoms with Crippen LogP contribution in [0.2, 0.25) is 0 Å². The molecule has 0 spiro atoms. The number of hydrogen-bond acceptors (Lipinski definition) is 10. The van der Waals surface area contributed by atoms with Crippen molar-refractivity contribution in [2.75, 3.05) is 18.9 Å². The van der Waals surface area contributed by atoms with Crippen LogP contribution in [0, 0.1) is 23.5 Å². The quantitative estimate of drug-likeness (QED) is 0.180. The van der Waals surface area contributed by atoms with Crippen molar-refractivity contribution in [1.82, 2.24) is 19.5 Å². The number of nitrogens with zero attached hydrogens (tertiary/aromatic N) is 3. The van der Waals surface area contributed by atoms with Gasteiger partial charge in [0, 0.05) is 12.0 Å². The van der Waals surface area contributed by atoms with Crippen molar-refractivity contribution in [3.8, 4) is 11.5 Å². The number of nitrogens with one attached hydrogen (secondary N) is 1. The number of nitrogen functional groups attached to an aromatic ring is 1. The smallest absolute Gasteiger partial charge is 0.404 e. The van der Waals surface area contributed by atoms with Gasteiger partial charge in [0.25, 0.3) is 5.56 Å². The summed E-state index contributed by atoms with van der Waals surface area (Å²) in [4.78, 5) is 43.2. The van der Waals surface area contributed by atoms with Gasteiger partial charge in [-0.2, -0.15) is 4.98 Å². The normalized spacial score (nSPS) is 21.5. The lowest BCUT2D eigenvalue weighted by atomic mass is 9.70. The summed E-state index contributed by atoms with van der Waals surface area (Å²) in [7, 11) is -9.33. The van der Waals surface area contributed by atoms with Crippen LogP contribution in [0.15, 0.2) is 59.7 Å². The van der Waals surface area contributed by atoms with Crippen molar-refractivity contribution in [3.05, 3.63) is 76.8 Å². The van der Waals surface area contributed by atoms with Gasteiger partial charge < -0.3 is 19.3 Å². The van der Waals surface area contributed by atoms with Gasteiger partial charge in [0.1, 0.15) is 23.1 Å². The third-order valence-corrected chi connectivity index (χ3v) is 8.24. The average molecular weight is 613 g/mol. The van der Waals surface area contributed by atoms with Crippen molar-refractivity contribution in [3.63, 3.8) is 0 Å². The van der Waals surface area contributed by atoms with Crippen LogP contribution in [0.4, 0.5) is 14.7 Å². The van der Waals surface area contributed by atoms with E-state index in [0.717, 1.165) is 48.5 Å². The van der Waals surface area contributed by atoms with Gasteiger partial charge in [-0.05, 0) is 60.9 Å². The number of fused-ring (bicyclic) bond motifs is 1. The number of benzene rings is 2. The first-order valence-corrected chi connectivity index (χ1v) is 15.0. The number of H-pyrrole nitrogens is 1. The highest BCUT2D eigenvalue weighted by molar-refractivity contribution is 7.48. The molecule has 4 aromatic rings. The minimum absolute atomic E-state index is 0.0126. The maximum atomic E-state index is 13.2. The van der Waals surface area contributed by atoms with E-state index in [2.05, 4.69) is 15.0 Å². The molecule has 5 rings (SSSR count). The molecule has 1 saturated carbocycles. The molecule has 1 fully saturated rings. The lowest BCUT2D eigenvalue weighted by molar-refractivity contribution is -0.00444. The Bertz CT molecular complexity index is 1700. The van der Waals surface area contributed by atoms with E-state index in [9.17, 15) is 32.5 Å². The Balaban J connectivity index is 1.32. The highest BCUT2D eigenvalue weighted by Gasteiger charge is 2.46. The SMILES string of the molecule is Nc1nc2c(ncn2[C@@H]2C[C@H](COP(=O)(O)Oc3ccc(F)cc3)[C@@H]2COP(=O)(O)Oc2ccc(F)cc2)c(=O)[nH]1. The van der Waals surface area contributed by atoms with Gasteiger partial charge in [0.05, 0.1) is 19.5 Å². The summed E-state index contributed by atoms with van der Waals surface area (Å²) in [6, 6.07) is 8.26. The Kier molecular flexibility index (Phi) is 7.97. The highest BCUT2D eigenvalue weighted by Crippen LogP contribution is 2.52. The topological polar surface area (TPSA) is 201 Å². The zero-order valence-electron chi connectivity index (χ0n) is 20.9. The molecule has 0 saturated heterocycles. The number of rotatable bonds is 11. The van der Waals surface area contributed by atoms with Crippen LogP contribution in [0.25, 0.3) is 11.2 Å². The minimum Gasteiger partial charge on any atom is -0.404 e. The van der Waals surface area contributed by atoms with E-state index in [1.165, 1.54) is 6.33 Å². The number of nitrogens with two attached hydrogens (primary N) is 1. The van der Waals surface area contributed by atoms with Gasteiger partial charge in [-0.25, -0.2) is 22.9 Å². The zero-order valence-corrected chi connectivity index (χ0v) is 22.7. The largest absolute Gasteiger partial charge is 0.527 e. The molecule has 2 heterocycles. The molecule has 0 aliphatic heterocycles. The predicted molar refractivity (Wildman–Crippen MR) is 139 cm³/mol. The molecule has 218 valence electrons. The second-order valence-electron chi connectivity index (χ2n) is 9.12. The maximum absolute atomic E-state index is 13.2. The molecule has 41 heavy (non-hydrogen) atoms. The highest BCUT2D eigenvalue weighted by atomic mass is 31.2. The van der Waals surface area contributed by atoms with E-state index >= 15 is 0 Å². The molecule has 0 bridgehead atoms. The molecule has 2 aromatic carbocycles. The number of aromatic nitrogens is 4. The number of halogens is 2. The summed E-state index contributed by atoms with van der Waals surface area (Å²) in [5.41, 5.74) is 5.29. The van der Waals surface area contributed by atoms with Crippen molar-refractivity contribution in [1.29, 1.82) is 0 Å². The number of hydrogen-bond donors (Lipinski definition) is 4. The Labute approximate surface area is 229 Å². The van der Waals surface area contributed by atoms with Crippen molar-refractivity contribution in [2.45, 2.75) is 12.5 Å². The Hall–Kier alpha value is -3.65. The summed E-state index contributed by atoms with van der Waals surface area (Å²) in [6.45, 7) is -0.739. The van der Waals surface area contributed by atoms with E-state index in [4.69, 9.17) is 23.8 Å². The molecular formula is C23H23F2N5O9P2. The van der Waals surface area contributed by atoms with Gasteiger partial charge in [0.15, 0.2) is 11.2 Å². The lowest BCUT2D eigenvalue weighted by Crippen LogP contribution is -2.43. The fourth-order valence-corrected chi connectivity index (χ4v) is 6.02. The van der Waals surface area contributed by atoms with Crippen molar-refractivity contribution in [2.24, 2.45) is 11.8 Å².